The molecule has 1 aliphatic rings. The molecule has 0 saturated heterocycles. The molecule has 3 nitrogen and oxygen atoms in total. The predicted molar refractivity (Wildman–Crippen MR) is 83.9 cm³/mol. The second-order valence-corrected chi connectivity index (χ2v) is 6.59. The van der Waals surface area contributed by atoms with Gasteiger partial charge in [-0.15, -0.1) is 0 Å². The van der Waals surface area contributed by atoms with Gasteiger partial charge in [0.25, 0.3) is 0 Å². The van der Waals surface area contributed by atoms with Crippen LogP contribution in [0.1, 0.15) is 31.2 Å². The van der Waals surface area contributed by atoms with Crippen molar-refractivity contribution in [3.05, 3.63) is 35.9 Å². The number of nitrogens with one attached hydrogen (secondary N) is 1. The molecule has 20 heavy (non-hydrogen) atoms. The van der Waals surface area contributed by atoms with E-state index < -0.39 is 0 Å². The molecule has 2 N–H and O–H groups in total. The van der Waals surface area contributed by atoms with Crippen molar-refractivity contribution in [1.82, 2.24) is 5.32 Å². The fraction of sp³-hybridized carbons (Fsp3) is 0.562. The molecule has 0 spiro atoms. The number of aliphatic hydroxyl groups excluding tert-OH is 1. The maximum atomic E-state index is 11.9. The lowest BCUT2D eigenvalue weighted by Crippen LogP contribution is -2.49. The van der Waals surface area contributed by atoms with Crippen LogP contribution in [0, 0.1) is 0 Å². The van der Waals surface area contributed by atoms with Gasteiger partial charge in [-0.2, -0.15) is 11.8 Å². The molecule has 110 valence electrons. The van der Waals surface area contributed by atoms with Crippen LogP contribution >= 0.6 is 11.8 Å². The van der Waals surface area contributed by atoms with Crippen LogP contribution in [-0.2, 0) is 11.2 Å². The Hall–Kier alpha value is -1.00. The van der Waals surface area contributed by atoms with Crippen molar-refractivity contribution in [3.8, 4) is 0 Å². The number of rotatable bonds is 7. The number of carbonyl (C=O) groups is 1. The molecule has 0 atom stereocenters. The maximum absolute atomic E-state index is 11.9. The predicted octanol–water partition coefficient (Wildman–Crippen LogP) is 2.38. The Morgan fingerprint density at radius 1 is 1.25 bits per heavy atom. The Morgan fingerprint density at radius 2 is 1.95 bits per heavy atom. The lowest BCUT2D eigenvalue weighted by molar-refractivity contribution is -0.121. The summed E-state index contributed by atoms with van der Waals surface area (Å²) in [6, 6.07) is 10.3. The number of carbonyl (C=O) groups excluding carboxylic acids is 1. The van der Waals surface area contributed by atoms with Gasteiger partial charge in [0.2, 0.25) is 5.91 Å². The highest BCUT2D eigenvalue weighted by Crippen LogP contribution is 2.29. The number of amides is 1. The van der Waals surface area contributed by atoms with Crippen molar-refractivity contribution in [2.24, 2.45) is 0 Å². The third-order valence-corrected chi connectivity index (χ3v) is 4.84. The fourth-order valence-electron chi connectivity index (χ4n) is 2.71. The van der Waals surface area contributed by atoms with E-state index in [9.17, 15) is 9.90 Å². The SMILES string of the molecule is O=C(CSCCc1ccccc1)NC1(CO)CCCC1. The van der Waals surface area contributed by atoms with E-state index in [-0.39, 0.29) is 18.1 Å². The Balaban J connectivity index is 1.65. The molecule has 4 heteroatoms. The number of aliphatic hydroxyl groups is 1. The summed E-state index contributed by atoms with van der Waals surface area (Å²) in [7, 11) is 0. The first-order valence-corrected chi connectivity index (χ1v) is 8.43. The molecular formula is C16H23NO2S. The Labute approximate surface area is 125 Å². The molecule has 1 aromatic carbocycles. The second kappa shape index (κ2) is 7.70. The summed E-state index contributed by atoms with van der Waals surface area (Å²) in [5.74, 6) is 1.48. The highest BCUT2D eigenvalue weighted by atomic mass is 32.2. The van der Waals surface area contributed by atoms with Gasteiger partial charge >= 0.3 is 0 Å². The highest BCUT2D eigenvalue weighted by molar-refractivity contribution is 7.99. The maximum Gasteiger partial charge on any atom is 0.230 e. The molecule has 0 aliphatic heterocycles. The van der Waals surface area contributed by atoms with E-state index in [1.54, 1.807) is 11.8 Å². The van der Waals surface area contributed by atoms with Crippen molar-refractivity contribution in [1.29, 1.82) is 0 Å². The monoisotopic (exact) mass is 293 g/mol. The van der Waals surface area contributed by atoms with Crippen molar-refractivity contribution < 1.29 is 9.90 Å². The van der Waals surface area contributed by atoms with E-state index in [2.05, 4.69) is 17.4 Å². The van der Waals surface area contributed by atoms with E-state index >= 15 is 0 Å². The van der Waals surface area contributed by atoms with Crippen molar-refractivity contribution in [2.45, 2.75) is 37.6 Å². The minimum Gasteiger partial charge on any atom is -0.394 e. The van der Waals surface area contributed by atoms with E-state index in [1.807, 2.05) is 18.2 Å². The molecule has 1 aromatic rings. The average Bonchev–Trinajstić information content (AvgIpc) is 2.94. The van der Waals surface area contributed by atoms with Crippen LogP contribution in [0.15, 0.2) is 30.3 Å². The van der Waals surface area contributed by atoms with Gasteiger partial charge in [-0.25, -0.2) is 0 Å². The first kappa shape index (κ1) is 15.4. The summed E-state index contributed by atoms with van der Waals surface area (Å²) in [5, 5.41) is 12.5. The van der Waals surface area contributed by atoms with Crippen LogP contribution in [0.4, 0.5) is 0 Å². The van der Waals surface area contributed by atoms with Gasteiger partial charge < -0.3 is 10.4 Å². The number of hydrogen-bond donors (Lipinski definition) is 2. The average molecular weight is 293 g/mol. The van der Waals surface area contributed by atoms with Gasteiger partial charge in [0.05, 0.1) is 17.9 Å². The quantitative estimate of drug-likeness (QED) is 0.759. The van der Waals surface area contributed by atoms with Crippen molar-refractivity contribution in [3.63, 3.8) is 0 Å². The van der Waals surface area contributed by atoms with Crippen molar-refractivity contribution >= 4 is 17.7 Å². The molecular weight excluding hydrogens is 270 g/mol. The van der Waals surface area contributed by atoms with Gasteiger partial charge in [0, 0.05) is 0 Å². The first-order chi connectivity index (χ1) is 9.74. The molecule has 0 unspecified atom stereocenters. The fourth-order valence-corrected chi connectivity index (χ4v) is 3.49. The molecule has 1 aliphatic carbocycles. The van der Waals surface area contributed by atoms with Crippen LogP contribution in [0.25, 0.3) is 0 Å². The third kappa shape index (κ3) is 4.53. The Kier molecular flexibility index (Phi) is 5.92. The molecule has 2 rings (SSSR count). The van der Waals surface area contributed by atoms with Gasteiger partial charge in [-0.05, 0) is 30.6 Å². The summed E-state index contributed by atoms with van der Waals surface area (Å²) < 4.78 is 0. The molecule has 0 aromatic heterocycles. The zero-order valence-corrected chi connectivity index (χ0v) is 12.6. The summed E-state index contributed by atoms with van der Waals surface area (Å²) in [6.07, 6.45) is 5.00. The number of thioether (sulfide) groups is 1. The van der Waals surface area contributed by atoms with Gasteiger partial charge in [-0.1, -0.05) is 43.2 Å². The summed E-state index contributed by atoms with van der Waals surface area (Å²) >= 11 is 1.66. The molecule has 0 heterocycles. The van der Waals surface area contributed by atoms with Crippen LogP contribution in [0.3, 0.4) is 0 Å². The molecule has 0 bridgehead atoms. The highest BCUT2D eigenvalue weighted by Gasteiger charge is 2.34. The Morgan fingerprint density at radius 3 is 2.60 bits per heavy atom. The van der Waals surface area contributed by atoms with Crippen LogP contribution in [-0.4, -0.2) is 34.7 Å². The minimum atomic E-state index is -0.336. The van der Waals surface area contributed by atoms with Crippen LogP contribution in [0.2, 0.25) is 0 Å². The van der Waals surface area contributed by atoms with Crippen LogP contribution < -0.4 is 5.32 Å². The normalized spacial score (nSPS) is 17.1. The standard InChI is InChI=1S/C16H23NO2S/c18-13-16(9-4-5-10-16)17-15(19)12-20-11-8-14-6-2-1-3-7-14/h1-3,6-7,18H,4-5,8-13H2,(H,17,19). The summed E-state index contributed by atoms with van der Waals surface area (Å²) in [6.45, 7) is 0.0629. The largest absolute Gasteiger partial charge is 0.394 e. The number of hydrogen-bond acceptors (Lipinski definition) is 3. The smallest absolute Gasteiger partial charge is 0.230 e. The van der Waals surface area contributed by atoms with Crippen LogP contribution in [0.5, 0.6) is 0 Å². The number of benzene rings is 1. The molecule has 1 saturated carbocycles. The van der Waals surface area contributed by atoms with E-state index in [0.717, 1.165) is 37.9 Å². The van der Waals surface area contributed by atoms with Crippen molar-refractivity contribution in [2.75, 3.05) is 18.1 Å². The molecule has 1 amide bonds. The van der Waals surface area contributed by atoms with E-state index in [0.29, 0.717) is 5.75 Å². The first-order valence-electron chi connectivity index (χ1n) is 7.28. The molecule has 0 radical (unpaired) electrons. The minimum absolute atomic E-state index is 0.0546. The summed E-state index contributed by atoms with van der Waals surface area (Å²) in [4.78, 5) is 11.9. The van der Waals surface area contributed by atoms with Gasteiger partial charge in [-0.3, -0.25) is 4.79 Å². The van der Waals surface area contributed by atoms with E-state index in [4.69, 9.17) is 0 Å². The third-order valence-electron chi connectivity index (χ3n) is 3.88. The lowest BCUT2D eigenvalue weighted by atomic mass is 9.99. The summed E-state index contributed by atoms with van der Waals surface area (Å²) in [5.41, 5.74) is 0.972. The topological polar surface area (TPSA) is 49.3 Å². The number of aryl methyl sites for hydroxylation is 1. The lowest BCUT2D eigenvalue weighted by Gasteiger charge is -2.27. The Bertz CT molecular complexity index is 416. The van der Waals surface area contributed by atoms with Gasteiger partial charge in [0.15, 0.2) is 0 Å². The second-order valence-electron chi connectivity index (χ2n) is 5.48. The van der Waals surface area contributed by atoms with E-state index in [1.165, 1.54) is 5.56 Å². The zero-order chi connectivity index (χ0) is 14.3. The zero-order valence-electron chi connectivity index (χ0n) is 11.8. The molecule has 1 fully saturated rings. The van der Waals surface area contributed by atoms with Gasteiger partial charge in [0.1, 0.15) is 0 Å².